The Labute approximate surface area is 763 Å². The van der Waals surface area contributed by atoms with Crippen LogP contribution in [0.4, 0.5) is 20.7 Å². The maximum Gasteiger partial charge on any atom is 0.315 e. The minimum atomic E-state index is -0.456. The number of hydrogen-bond donors (Lipinski definition) is 5. The van der Waals surface area contributed by atoms with Crippen molar-refractivity contribution in [3.8, 4) is 51.3 Å². The van der Waals surface area contributed by atoms with Gasteiger partial charge in [-0.05, 0) is 156 Å². The van der Waals surface area contributed by atoms with E-state index >= 15 is 0 Å². The number of esters is 1. The van der Waals surface area contributed by atoms with Crippen molar-refractivity contribution in [1.29, 1.82) is 0 Å². The largest absolute Gasteiger partial charge is 0.497 e. The predicted octanol–water partition coefficient (Wildman–Crippen LogP) is 11.9. The Morgan fingerprint density at radius 1 is 0.523 bits per heavy atom. The highest BCUT2D eigenvalue weighted by atomic mass is 35.5. The van der Waals surface area contributed by atoms with Crippen LogP contribution in [0.1, 0.15) is 130 Å². The number of unbranched alkanes of at least 4 members (excludes halogenated alkanes) is 4. The van der Waals surface area contributed by atoms with Crippen LogP contribution in [0.5, 0.6) is 28.7 Å². The molecule has 1 saturated carbocycles. The highest BCUT2D eigenvalue weighted by Crippen LogP contribution is 2.38. The number of halogens is 2. The molecule has 4 fully saturated rings. The topological polar surface area (TPSA) is 398 Å². The van der Waals surface area contributed by atoms with Crippen LogP contribution in [0.15, 0.2) is 89.8 Å². The van der Waals surface area contributed by atoms with Gasteiger partial charge < -0.3 is 96.8 Å². The third-order valence-electron chi connectivity index (χ3n) is 20.9. The minimum absolute atomic E-state index is 0.0474. The number of nitrogens with one attached hydrogen (secondary N) is 5. The fraction of sp³-hybridized carbons (Fsp3) is 0.551. The Morgan fingerprint density at radius 3 is 1.61 bits per heavy atom. The summed E-state index contributed by atoms with van der Waals surface area (Å²) in [5.74, 6) is 1.27. The summed E-state index contributed by atoms with van der Waals surface area (Å²) in [6, 6.07) is 20.5. The number of morpholine rings is 2. The zero-order chi connectivity index (χ0) is 90.3. The molecule has 39 heteroatoms. The average molecular weight is 1860 g/mol. The number of nitrogens with zero attached hydrogens (tertiary/aromatic N) is 7. The molecule has 7 aromatic rings. The number of amides is 7. The zero-order valence-electron chi connectivity index (χ0n) is 72.9. The monoisotopic (exact) mass is 1860 g/mol. The normalized spacial score (nSPS) is 15.3. The van der Waals surface area contributed by atoms with Crippen LogP contribution in [0.25, 0.3) is 22.5 Å². The van der Waals surface area contributed by atoms with Crippen LogP contribution in [-0.4, -0.2) is 280 Å². The van der Waals surface area contributed by atoms with Crippen molar-refractivity contribution in [3.05, 3.63) is 117 Å². The van der Waals surface area contributed by atoms with Gasteiger partial charge in [0.2, 0.25) is 5.91 Å². The smallest absolute Gasteiger partial charge is 0.315 e. The lowest BCUT2D eigenvalue weighted by molar-refractivity contribution is -0.143. The molecule has 0 spiro atoms. The van der Waals surface area contributed by atoms with Gasteiger partial charge in [-0.25, -0.2) is 19.4 Å². The van der Waals surface area contributed by atoms with Crippen LogP contribution in [0.3, 0.4) is 0 Å². The second-order valence-electron chi connectivity index (χ2n) is 30.1. The van der Waals surface area contributed by atoms with E-state index in [2.05, 4.69) is 46.9 Å². The van der Waals surface area contributed by atoms with Crippen LogP contribution in [0.2, 0.25) is 10.0 Å². The fourth-order valence-electron chi connectivity index (χ4n) is 14.1. The summed E-state index contributed by atoms with van der Waals surface area (Å²) in [7, 11) is 3.12. The number of aromatic nitrogens is 5. The first-order valence-corrected chi connectivity index (χ1v) is 46.1. The fourth-order valence-corrected chi connectivity index (χ4v) is 16.0. The first-order valence-electron chi connectivity index (χ1n) is 43.6. The summed E-state index contributed by atoms with van der Waals surface area (Å²) < 4.78 is 84.7. The molecule has 5 N–H and O–H groups in total. The molecule has 3 atom stereocenters. The number of benzene rings is 4. The van der Waals surface area contributed by atoms with Gasteiger partial charge in [-0.2, -0.15) is 0 Å². The van der Waals surface area contributed by atoms with Gasteiger partial charge in [0, 0.05) is 97.7 Å². The molecule has 4 aliphatic rings. The number of aryl methyl sites for hydroxylation is 1. The molecule has 1 aliphatic carbocycles. The van der Waals surface area contributed by atoms with Gasteiger partial charge in [-0.3, -0.25) is 44.2 Å². The van der Waals surface area contributed by atoms with E-state index in [4.69, 9.17) is 94.3 Å². The van der Waals surface area contributed by atoms with Gasteiger partial charge in [-0.15, -0.1) is 27.8 Å². The Hall–Kier alpha value is -9.74. The molecule has 3 saturated heterocycles. The molecule has 6 heterocycles. The standard InChI is InChI=1S/C58H82ClN9O15S.C31H36ClN3O8S/c1-74-46-14-15-47(48(59)38-46)51-41-84-58(62-51)64-56(72)43-13-17-52(83-40-54(71)67-18-22-76-23-19-67)50(37-43)60-53(70)11-5-3-8-44-39-68(66-65-44)20-24-77-26-28-79-30-32-81-34-36-82-35-33-80-31-29-78-27-25-75-21-6-10-45(69)9-4-2-7-42-12-16-49-55(42)63-57(73)61-49;1-3-41-29(37)7-5-4-6-14-42-27-17-21(8-11-26(27)43-19-28(36)35-12-15-40-16-13-35)30(38)34-31-33-25(20-44-31)23-10-9-22(39-2)18-24(23)32/h13-15,17,37-39,41-42,49,55H,2-12,16,18-36,40H2,1H3,(H,60,70)(H2,61,63,73)(H,62,64,72);8-11,17-18,20H,3-7,12-16,19H2,1-2H3,(H,33,34,38)/t42-,49-,55+;/m1./s1. The van der Waals surface area contributed by atoms with E-state index in [0.29, 0.717) is 288 Å². The van der Waals surface area contributed by atoms with Crippen molar-refractivity contribution >= 4 is 109 Å². The van der Waals surface area contributed by atoms with Crippen molar-refractivity contribution in [2.45, 2.75) is 128 Å². The van der Waals surface area contributed by atoms with Crippen LogP contribution < -0.4 is 50.3 Å². The Balaban J connectivity index is 0.000000324. The summed E-state index contributed by atoms with van der Waals surface area (Å²) in [4.78, 5) is 113. The van der Waals surface area contributed by atoms with Gasteiger partial charge in [0.1, 0.15) is 23.0 Å². The van der Waals surface area contributed by atoms with E-state index in [1.54, 1.807) is 102 Å². The number of ether oxygens (including phenoxy) is 15. The number of rotatable bonds is 58. The molecule has 35 nitrogen and oxygen atoms in total. The average Bonchev–Trinajstić information content (AvgIpc) is 1.65. The number of thiazole rings is 2. The summed E-state index contributed by atoms with van der Waals surface area (Å²) >= 11 is 15.4. The lowest BCUT2D eigenvalue weighted by Crippen LogP contribution is -2.43. The van der Waals surface area contributed by atoms with Crippen LogP contribution in [0, 0.1) is 5.92 Å². The Bertz CT molecular complexity index is 4610. The zero-order valence-corrected chi connectivity index (χ0v) is 76.0. The molecule has 3 aromatic heterocycles. The summed E-state index contributed by atoms with van der Waals surface area (Å²) in [5.41, 5.74) is 4.24. The first-order chi connectivity index (χ1) is 62.5. The number of anilines is 3. The van der Waals surface area contributed by atoms with Crippen molar-refractivity contribution in [2.75, 3.05) is 202 Å². The molecular formula is C89H118Cl2N12O23S2. The number of carbonyl (C=O) groups is 8. The van der Waals surface area contributed by atoms with E-state index in [1.165, 1.54) is 28.7 Å². The first kappa shape index (κ1) is 100. The van der Waals surface area contributed by atoms with E-state index in [9.17, 15) is 38.4 Å². The number of urea groups is 1. The molecule has 0 radical (unpaired) electrons. The van der Waals surface area contributed by atoms with Crippen molar-refractivity contribution in [1.82, 2.24) is 45.4 Å². The summed E-state index contributed by atoms with van der Waals surface area (Å²) in [6.07, 6.45) is 13.4. The van der Waals surface area contributed by atoms with Crippen LogP contribution in [-0.2, 0) is 84.3 Å². The minimum Gasteiger partial charge on any atom is -0.497 e. The molecule has 3 aliphatic heterocycles. The number of hydrogen-bond acceptors (Lipinski definition) is 29. The highest BCUT2D eigenvalue weighted by molar-refractivity contribution is 7.14. The number of methoxy groups -OCH3 is 2. The Kier molecular flexibility index (Phi) is 44.4. The van der Waals surface area contributed by atoms with Gasteiger partial charge in [0.25, 0.3) is 23.6 Å². The van der Waals surface area contributed by atoms with E-state index in [1.807, 2.05) is 17.6 Å². The second-order valence-corrected chi connectivity index (χ2v) is 32.6. The highest BCUT2D eigenvalue weighted by Gasteiger charge is 2.42. The molecule has 0 bridgehead atoms. The van der Waals surface area contributed by atoms with E-state index in [-0.39, 0.29) is 90.1 Å². The molecule has 7 amide bonds. The quantitative estimate of drug-likeness (QED) is 0.0175. The SMILES string of the molecule is CCOC(=O)CCCCCOc1cc(C(=O)Nc2nc(-c3ccc(OC)cc3Cl)cs2)ccc1OCC(=O)N1CCOCC1.COc1ccc(-c2csc(NC(=O)c3ccc(OCC(=O)N4CCOCC4)c(NC(=O)CCCCc4cn(CCOCCOCCOCCOCCOCCOCCOCCCC(=O)CCCC[C@@H]5CC[C@H]6NC(=O)N[C@@H]56)nn4)c3)n2)c(Cl)c1. The third-order valence-corrected chi connectivity index (χ3v) is 23.0. The molecule has 0 unspecified atom stereocenters. The van der Waals surface area contributed by atoms with E-state index in [0.717, 1.165) is 56.2 Å². The Morgan fingerprint density at radius 2 is 1.05 bits per heavy atom. The molecule has 698 valence electrons. The summed E-state index contributed by atoms with van der Waals surface area (Å²) in [6.45, 7) is 12.8. The van der Waals surface area contributed by atoms with Crippen molar-refractivity contribution in [2.24, 2.45) is 5.92 Å². The second kappa shape index (κ2) is 56.7. The molecule has 11 rings (SSSR count). The van der Waals surface area contributed by atoms with Gasteiger partial charge in [-0.1, -0.05) is 34.8 Å². The molecular weight excluding hydrogens is 1740 g/mol. The third kappa shape index (κ3) is 35.3. The van der Waals surface area contributed by atoms with E-state index < -0.39 is 5.91 Å². The van der Waals surface area contributed by atoms with Gasteiger partial charge >= 0.3 is 12.0 Å². The van der Waals surface area contributed by atoms with Crippen molar-refractivity contribution < 1.29 is 109 Å². The van der Waals surface area contributed by atoms with Gasteiger partial charge in [0.15, 0.2) is 35.0 Å². The van der Waals surface area contributed by atoms with Crippen molar-refractivity contribution in [3.63, 3.8) is 0 Å². The van der Waals surface area contributed by atoms with Crippen LogP contribution >= 0.6 is 45.9 Å². The lowest BCUT2D eigenvalue weighted by atomic mass is 9.95. The number of ketones is 1. The molecule has 128 heavy (non-hydrogen) atoms. The number of Topliss-reactive ketones (excluding diaryl/α,β-unsaturated/α-hetero) is 1. The molecule has 4 aromatic carbocycles. The summed E-state index contributed by atoms with van der Waals surface area (Å²) in [5, 5.41) is 28.3. The lowest BCUT2D eigenvalue weighted by Gasteiger charge is -2.26. The maximum absolute atomic E-state index is 13.5. The number of fused-ring (bicyclic) bond motifs is 1. The predicted molar refractivity (Wildman–Crippen MR) is 480 cm³/mol. The number of carbonyl (C=O) groups excluding carboxylic acids is 8. The maximum atomic E-state index is 13.5. The van der Waals surface area contributed by atoms with Gasteiger partial charge in [0.05, 0.1) is 191 Å².